The number of hydrogen-bond acceptors (Lipinski definition) is 6. The molecule has 1 aliphatic carbocycles. The van der Waals surface area contributed by atoms with Gasteiger partial charge in [-0.2, -0.15) is 0 Å². The van der Waals surface area contributed by atoms with E-state index in [2.05, 4.69) is 33.8 Å². The van der Waals surface area contributed by atoms with E-state index in [1.165, 1.54) is 23.1 Å². The molecule has 6 rings (SSSR count). The molecule has 194 valence electrons. The van der Waals surface area contributed by atoms with Crippen LogP contribution in [0.25, 0.3) is 0 Å². The number of aromatic nitrogens is 1. The monoisotopic (exact) mass is 568 g/mol. The first kappa shape index (κ1) is 25.5. The van der Waals surface area contributed by atoms with Crippen molar-refractivity contribution in [3.05, 3.63) is 120 Å². The number of benzene rings is 3. The van der Waals surface area contributed by atoms with Gasteiger partial charge in [0.15, 0.2) is 5.13 Å². The first-order valence-corrected chi connectivity index (χ1v) is 15.0. The maximum atomic E-state index is 13.7. The van der Waals surface area contributed by atoms with Gasteiger partial charge in [-0.05, 0) is 35.9 Å². The highest BCUT2D eigenvalue weighted by Crippen LogP contribution is 2.44. The number of urea groups is 1. The molecule has 2 heterocycles. The molecule has 3 atom stereocenters. The second kappa shape index (κ2) is 11.5. The van der Waals surface area contributed by atoms with Crippen LogP contribution in [-0.4, -0.2) is 28.2 Å². The van der Waals surface area contributed by atoms with Gasteiger partial charge in [0, 0.05) is 27.1 Å². The Kier molecular flexibility index (Phi) is 7.53. The Morgan fingerprint density at radius 2 is 1.74 bits per heavy atom. The van der Waals surface area contributed by atoms with Gasteiger partial charge in [0.05, 0.1) is 17.0 Å². The molecule has 3 unspecified atom stereocenters. The van der Waals surface area contributed by atoms with Crippen LogP contribution in [0.5, 0.6) is 0 Å². The number of para-hydroxylation sites is 1. The fraction of sp³-hybridized carbons (Fsp3) is 0.100. The van der Waals surface area contributed by atoms with Crippen LogP contribution in [-0.2, 0) is 4.79 Å². The highest BCUT2D eigenvalue weighted by Gasteiger charge is 2.36. The van der Waals surface area contributed by atoms with Crippen molar-refractivity contribution in [2.45, 2.75) is 26.3 Å². The largest absolute Gasteiger partial charge is 0.326 e. The van der Waals surface area contributed by atoms with E-state index in [-0.39, 0.29) is 23.2 Å². The molecule has 2 aliphatic rings. The molecule has 1 aliphatic heterocycles. The molecule has 6 nitrogen and oxygen atoms in total. The molecule has 0 fully saturated rings. The second-order valence-corrected chi connectivity index (χ2v) is 12.2. The van der Waals surface area contributed by atoms with Gasteiger partial charge in [-0.25, -0.2) is 9.78 Å². The molecule has 4 aromatic rings. The predicted octanol–water partition coefficient (Wildman–Crippen LogP) is 7.62. The summed E-state index contributed by atoms with van der Waals surface area (Å²) in [6.45, 7) is 0. The van der Waals surface area contributed by atoms with Crippen LogP contribution in [0, 0.1) is 0 Å². The van der Waals surface area contributed by atoms with Crippen LogP contribution < -0.4 is 15.5 Å². The van der Waals surface area contributed by atoms with Gasteiger partial charge in [-0.1, -0.05) is 72.8 Å². The molecular weight excluding hydrogens is 545 g/mol. The number of allylic oxidation sites excluding steroid dienone is 2. The average molecular weight is 569 g/mol. The molecule has 9 heteroatoms. The number of nitrogens with one attached hydrogen (secondary N) is 2. The van der Waals surface area contributed by atoms with Crippen LogP contribution in [0.4, 0.5) is 21.3 Å². The van der Waals surface area contributed by atoms with Crippen molar-refractivity contribution in [2.75, 3.05) is 15.5 Å². The van der Waals surface area contributed by atoms with Crippen molar-refractivity contribution in [1.29, 1.82) is 0 Å². The summed E-state index contributed by atoms with van der Waals surface area (Å²) >= 11 is 4.59. The number of carbonyl (C=O) groups is 2. The van der Waals surface area contributed by atoms with E-state index in [1.807, 2.05) is 95.2 Å². The Labute approximate surface area is 239 Å². The van der Waals surface area contributed by atoms with Gasteiger partial charge < -0.3 is 10.6 Å². The molecule has 0 bridgehead atoms. The minimum absolute atomic E-state index is 0.0792. The van der Waals surface area contributed by atoms with E-state index in [9.17, 15) is 9.59 Å². The fourth-order valence-electron chi connectivity index (χ4n) is 4.55. The highest BCUT2D eigenvalue weighted by molar-refractivity contribution is 8.00. The minimum atomic E-state index is -0.494. The molecule has 0 radical (unpaired) electrons. The van der Waals surface area contributed by atoms with Crippen LogP contribution in [0.15, 0.2) is 125 Å². The summed E-state index contributed by atoms with van der Waals surface area (Å²) < 4.78 is 0. The third kappa shape index (κ3) is 5.66. The van der Waals surface area contributed by atoms with Crippen LogP contribution >= 0.6 is 34.9 Å². The van der Waals surface area contributed by atoms with E-state index in [0.29, 0.717) is 10.8 Å². The van der Waals surface area contributed by atoms with E-state index < -0.39 is 5.25 Å². The summed E-state index contributed by atoms with van der Waals surface area (Å²) in [6, 6.07) is 25.0. The van der Waals surface area contributed by atoms with Crippen molar-refractivity contribution >= 4 is 63.3 Å². The first-order valence-electron chi connectivity index (χ1n) is 12.4. The van der Waals surface area contributed by atoms with E-state index in [0.717, 1.165) is 21.0 Å². The summed E-state index contributed by atoms with van der Waals surface area (Å²) in [5.41, 5.74) is 2.45. The molecule has 0 spiro atoms. The summed E-state index contributed by atoms with van der Waals surface area (Å²) in [7, 11) is 0. The quantitative estimate of drug-likeness (QED) is 0.234. The average Bonchev–Trinajstić information content (AvgIpc) is 3.48. The van der Waals surface area contributed by atoms with E-state index in [4.69, 9.17) is 0 Å². The highest BCUT2D eigenvalue weighted by atomic mass is 32.2. The number of nitrogens with zero attached hydrogens (tertiary/aromatic N) is 2. The van der Waals surface area contributed by atoms with Crippen molar-refractivity contribution < 1.29 is 9.59 Å². The predicted molar refractivity (Wildman–Crippen MR) is 162 cm³/mol. The van der Waals surface area contributed by atoms with Crippen LogP contribution in [0.2, 0.25) is 0 Å². The van der Waals surface area contributed by atoms with Gasteiger partial charge in [-0.3, -0.25) is 9.69 Å². The van der Waals surface area contributed by atoms with Gasteiger partial charge in [0.2, 0.25) is 5.91 Å². The Morgan fingerprint density at radius 3 is 2.59 bits per heavy atom. The Morgan fingerprint density at radius 1 is 0.923 bits per heavy atom. The van der Waals surface area contributed by atoms with E-state index >= 15 is 0 Å². The lowest BCUT2D eigenvalue weighted by molar-refractivity contribution is -0.115. The minimum Gasteiger partial charge on any atom is -0.307 e. The van der Waals surface area contributed by atoms with Gasteiger partial charge in [-0.15, -0.1) is 34.9 Å². The van der Waals surface area contributed by atoms with Crippen molar-refractivity contribution in [3.63, 3.8) is 0 Å². The molecule has 3 aromatic carbocycles. The number of anilines is 3. The topological polar surface area (TPSA) is 74.3 Å². The number of carbonyl (C=O) groups excluding carboxylic acids is 2. The van der Waals surface area contributed by atoms with Gasteiger partial charge in [0.25, 0.3) is 0 Å². The molecule has 3 amide bonds. The third-order valence-corrected chi connectivity index (χ3v) is 9.55. The number of hydrogen-bond donors (Lipinski definition) is 2. The van der Waals surface area contributed by atoms with Crippen molar-refractivity contribution in [3.8, 4) is 0 Å². The number of thioether (sulfide) groups is 2. The Bertz CT molecular complexity index is 1540. The summed E-state index contributed by atoms with van der Waals surface area (Å²) in [5.74, 6) is -0.152. The van der Waals surface area contributed by atoms with Crippen LogP contribution in [0.1, 0.15) is 10.8 Å². The normalized spacial score (nSPS) is 18.1. The zero-order valence-electron chi connectivity index (χ0n) is 20.6. The zero-order valence-corrected chi connectivity index (χ0v) is 23.1. The summed E-state index contributed by atoms with van der Waals surface area (Å²) in [4.78, 5) is 34.9. The smallest absolute Gasteiger partial charge is 0.307 e. The summed E-state index contributed by atoms with van der Waals surface area (Å²) in [5, 5.41) is 8.07. The molecule has 0 saturated heterocycles. The zero-order chi connectivity index (χ0) is 26.6. The van der Waals surface area contributed by atoms with Crippen molar-refractivity contribution in [1.82, 2.24) is 4.98 Å². The molecule has 2 N–H and O–H groups in total. The standard InChI is InChI=1S/C30H24N4O2S3/c35-28(33-29-31-17-18-37-29)27(20-9-2-1-3-10-20)38-22-12-8-11-21(19-22)32-30(36)34-23-13-4-6-15-25(23)39-26-16-7-5-14-24(26)34/h1-19,23,25,27H,(H,32,36)(H,31,33,35). The summed E-state index contributed by atoms with van der Waals surface area (Å²) in [6.07, 6.45) is 9.91. The van der Waals surface area contributed by atoms with Crippen molar-refractivity contribution in [2.24, 2.45) is 0 Å². The maximum Gasteiger partial charge on any atom is 0.326 e. The Hall–Kier alpha value is -3.79. The fourth-order valence-corrected chi connectivity index (χ4v) is 7.42. The number of thiazole rings is 1. The lowest BCUT2D eigenvalue weighted by Crippen LogP contribution is -2.49. The number of rotatable bonds is 6. The molecule has 0 saturated carbocycles. The lowest BCUT2D eigenvalue weighted by Gasteiger charge is -2.40. The maximum absolute atomic E-state index is 13.7. The second-order valence-electron chi connectivity index (χ2n) is 8.87. The molecular formula is C30H24N4O2S3. The lowest BCUT2D eigenvalue weighted by atomic mass is 10.1. The van der Waals surface area contributed by atoms with E-state index in [1.54, 1.807) is 18.0 Å². The number of fused-ring (bicyclic) bond motifs is 2. The SMILES string of the molecule is O=C(Nc1nccs1)C(Sc1cccc(NC(=O)N2c3ccccc3SC3C=CC=CC32)c1)c1ccccc1. The van der Waals surface area contributed by atoms with Gasteiger partial charge >= 0.3 is 6.03 Å². The van der Waals surface area contributed by atoms with Gasteiger partial charge in [0.1, 0.15) is 5.25 Å². The first-order chi connectivity index (χ1) is 19.2. The third-order valence-electron chi connectivity index (χ3n) is 6.30. The molecule has 1 aromatic heterocycles. The van der Waals surface area contributed by atoms with Crippen LogP contribution in [0.3, 0.4) is 0 Å². The molecule has 39 heavy (non-hydrogen) atoms. The Balaban J connectivity index is 1.23. The number of amides is 3.